The summed E-state index contributed by atoms with van der Waals surface area (Å²) in [5.74, 6) is 0.694. The third-order valence-electron chi connectivity index (χ3n) is 8.14. The van der Waals surface area contributed by atoms with Crippen molar-refractivity contribution < 1.29 is 9.59 Å². The summed E-state index contributed by atoms with van der Waals surface area (Å²) in [6, 6.07) is 9.03. The van der Waals surface area contributed by atoms with Crippen LogP contribution in [0.2, 0.25) is 0 Å². The maximum Gasteiger partial charge on any atom is 0.326 e. The predicted octanol–water partition coefficient (Wildman–Crippen LogP) is 5.14. The lowest BCUT2D eigenvalue weighted by atomic mass is 9.87. The Hall–Kier alpha value is -3.81. The van der Waals surface area contributed by atoms with E-state index in [1.165, 1.54) is 12.8 Å². The van der Waals surface area contributed by atoms with Crippen molar-refractivity contribution in [2.75, 3.05) is 26.2 Å². The number of urea groups is 1. The number of aromatic amines is 1. The molecule has 2 unspecified atom stereocenters. The topological polar surface area (TPSA) is 90.4 Å². The van der Waals surface area contributed by atoms with Gasteiger partial charge in [0.15, 0.2) is 0 Å². The number of benzene rings is 1. The zero-order valence-corrected chi connectivity index (χ0v) is 23.9. The quantitative estimate of drug-likeness (QED) is 0.373. The molecule has 5 rings (SSSR count). The minimum absolute atomic E-state index is 0.00515. The molecule has 1 aliphatic carbocycles. The molecule has 3 fully saturated rings. The Bertz CT molecular complexity index is 1260. The molecule has 2 aliphatic heterocycles. The van der Waals surface area contributed by atoms with E-state index in [-0.39, 0.29) is 29.6 Å². The van der Waals surface area contributed by atoms with Crippen molar-refractivity contribution in [1.82, 2.24) is 24.7 Å². The number of piperidine rings is 2. The summed E-state index contributed by atoms with van der Waals surface area (Å²) in [4.78, 5) is 45.5. The minimum atomic E-state index is -0.551. The normalized spacial score (nSPS) is 21.6. The standard InChI is InChI=1S/C28H35N5O3.C4H8/c1-3-19(2)22-15-24(26(34)32(17-22)16-20-9-10-20)29-27(35)31-13-11-23(12-14-31)33-18-25(30-28(33)36)21-7-5-4-6-8-21;1-3-4-2/h3-8,18,20,22-24H,1-2,9-17H2,(H,29,35)(H,30,36);3-4H,1-2H3/b;4-3-. The molecule has 2 saturated heterocycles. The summed E-state index contributed by atoms with van der Waals surface area (Å²) < 4.78 is 1.75. The fraction of sp³-hybridized carbons (Fsp3) is 0.469. The molecule has 214 valence electrons. The smallest absolute Gasteiger partial charge is 0.326 e. The molecule has 2 aromatic rings. The molecule has 3 amide bonds. The average molecular weight is 546 g/mol. The zero-order chi connectivity index (χ0) is 28.6. The highest BCUT2D eigenvalue weighted by Gasteiger charge is 2.39. The first-order chi connectivity index (χ1) is 19.3. The van der Waals surface area contributed by atoms with Crippen LogP contribution >= 0.6 is 0 Å². The van der Waals surface area contributed by atoms with Crippen LogP contribution in [0.1, 0.15) is 52.0 Å². The molecule has 3 aliphatic rings. The second-order valence-corrected chi connectivity index (χ2v) is 11.0. The lowest BCUT2D eigenvalue weighted by Crippen LogP contribution is -2.58. The monoisotopic (exact) mass is 545 g/mol. The fourth-order valence-corrected chi connectivity index (χ4v) is 5.40. The van der Waals surface area contributed by atoms with Crippen LogP contribution in [-0.2, 0) is 4.79 Å². The summed E-state index contributed by atoms with van der Waals surface area (Å²) in [6.07, 6.45) is 11.9. The van der Waals surface area contributed by atoms with Gasteiger partial charge in [-0.3, -0.25) is 9.36 Å². The van der Waals surface area contributed by atoms with Gasteiger partial charge in [-0.15, -0.1) is 0 Å². The molecule has 0 spiro atoms. The van der Waals surface area contributed by atoms with E-state index in [4.69, 9.17) is 0 Å². The van der Waals surface area contributed by atoms with Crippen molar-refractivity contribution in [3.8, 4) is 11.3 Å². The van der Waals surface area contributed by atoms with Crippen LogP contribution in [0.25, 0.3) is 11.3 Å². The Morgan fingerprint density at radius 3 is 2.35 bits per heavy atom. The van der Waals surface area contributed by atoms with Gasteiger partial charge >= 0.3 is 11.7 Å². The molecule has 3 heterocycles. The van der Waals surface area contributed by atoms with Gasteiger partial charge in [0.2, 0.25) is 5.91 Å². The summed E-state index contributed by atoms with van der Waals surface area (Å²) in [7, 11) is 0. The van der Waals surface area contributed by atoms with Crippen LogP contribution in [0.4, 0.5) is 4.79 Å². The maximum absolute atomic E-state index is 13.2. The van der Waals surface area contributed by atoms with Crippen LogP contribution in [0.3, 0.4) is 0 Å². The predicted molar refractivity (Wildman–Crippen MR) is 160 cm³/mol. The number of carbonyl (C=O) groups is 2. The molecule has 2 N–H and O–H groups in total. The molecule has 0 bridgehead atoms. The van der Waals surface area contributed by atoms with Crippen molar-refractivity contribution >= 4 is 11.9 Å². The molecular weight excluding hydrogens is 502 g/mol. The van der Waals surface area contributed by atoms with Crippen LogP contribution in [0.15, 0.2) is 78.3 Å². The van der Waals surface area contributed by atoms with Crippen LogP contribution in [0, 0.1) is 11.8 Å². The number of H-pyrrole nitrogens is 1. The number of nitrogens with one attached hydrogen (secondary N) is 2. The number of nitrogens with zero attached hydrogens (tertiary/aromatic N) is 3. The largest absolute Gasteiger partial charge is 0.340 e. The van der Waals surface area contributed by atoms with Crippen molar-refractivity contribution in [3.63, 3.8) is 0 Å². The Balaban J connectivity index is 0.000000867. The van der Waals surface area contributed by atoms with E-state index in [2.05, 4.69) is 23.5 Å². The highest BCUT2D eigenvalue weighted by atomic mass is 16.2. The first-order valence-electron chi connectivity index (χ1n) is 14.4. The maximum atomic E-state index is 13.2. The van der Waals surface area contributed by atoms with E-state index in [0.717, 1.165) is 23.4 Å². The number of carbonyl (C=O) groups excluding carboxylic acids is 2. The second kappa shape index (κ2) is 13.5. The third kappa shape index (κ3) is 7.23. The van der Waals surface area contributed by atoms with Gasteiger partial charge < -0.3 is 20.1 Å². The van der Waals surface area contributed by atoms with E-state index < -0.39 is 6.04 Å². The summed E-state index contributed by atoms with van der Waals surface area (Å²) in [5.41, 5.74) is 2.54. The van der Waals surface area contributed by atoms with Gasteiger partial charge in [0.25, 0.3) is 0 Å². The fourth-order valence-electron chi connectivity index (χ4n) is 5.40. The molecule has 2 atom stereocenters. The number of hydrogen-bond donors (Lipinski definition) is 2. The van der Waals surface area contributed by atoms with E-state index in [0.29, 0.717) is 44.8 Å². The molecule has 1 saturated carbocycles. The van der Waals surface area contributed by atoms with Gasteiger partial charge in [-0.2, -0.15) is 0 Å². The first-order valence-corrected chi connectivity index (χ1v) is 14.4. The number of hydrogen-bond acceptors (Lipinski definition) is 3. The van der Waals surface area contributed by atoms with E-state index in [1.54, 1.807) is 15.5 Å². The molecule has 8 heteroatoms. The van der Waals surface area contributed by atoms with Gasteiger partial charge in [-0.05, 0) is 57.4 Å². The van der Waals surface area contributed by atoms with Crippen LogP contribution in [-0.4, -0.2) is 63.5 Å². The van der Waals surface area contributed by atoms with Gasteiger partial charge in [0, 0.05) is 44.3 Å². The van der Waals surface area contributed by atoms with Gasteiger partial charge in [0.1, 0.15) is 6.04 Å². The van der Waals surface area contributed by atoms with Gasteiger partial charge in [-0.25, -0.2) is 9.59 Å². The highest BCUT2D eigenvalue weighted by molar-refractivity contribution is 5.88. The first kappa shape index (κ1) is 29.2. The number of imidazole rings is 1. The highest BCUT2D eigenvalue weighted by Crippen LogP contribution is 2.33. The lowest BCUT2D eigenvalue weighted by molar-refractivity contribution is -0.137. The van der Waals surface area contributed by atoms with E-state index in [9.17, 15) is 14.4 Å². The SMILES string of the molecule is C/C=C\C.C=CC(=C)C1CC(NC(=O)N2CCC(n3cc(-c4ccccc4)[nH]c3=O)CC2)C(=O)N(CC2CC2)C1. The number of aromatic nitrogens is 2. The van der Waals surface area contributed by atoms with Crippen LogP contribution < -0.4 is 11.0 Å². The van der Waals surface area contributed by atoms with Crippen molar-refractivity contribution in [1.29, 1.82) is 0 Å². The Kier molecular flexibility index (Phi) is 9.85. The summed E-state index contributed by atoms with van der Waals surface area (Å²) in [6.45, 7) is 14.4. The third-order valence-corrected chi connectivity index (χ3v) is 8.14. The second-order valence-electron chi connectivity index (χ2n) is 11.0. The molecule has 1 aromatic carbocycles. The van der Waals surface area contributed by atoms with Gasteiger partial charge in [-0.1, -0.05) is 67.3 Å². The van der Waals surface area contributed by atoms with Crippen LogP contribution in [0.5, 0.6) is 0 Å². The average Bonchev–Trinajstić information content (AvgIpc) is 3.72. The molecule has 0 radical (unpaired) electrons. The summed E-state index contributed by atoms with van der Waals surface area (Å²) >= 11 is 0. The Morgan fingerprint density at radius 1 is 1.07 bits per heavy atom. The van der Waals surface area contributed by atoms with Crippen molar-refractivity contribution in [3.05, 3.63) is 84.0 Å². The van der Waals surface area contributed by atoms with E-state index >= 15 is 0 Å². The molecule has 40 heavy (non-hydrogen) atoms. The number of likely N-dealkylation sites (tertiary alicyclic amines) is 2. The Labute approximate surface area is 237 Å². The lowest BCUT2D eigenvalue weighted by Gasteiger charge is -2.39. The van der Waals surface area contributed by atoms with Gasteiger partial charge in [0.05, 0.1) is 5.69 Å². The zero-order valence-electron chi connectivity index (χ0n) is 23.9. The number of allylic oxidation sites excluding steroid dienone is 3. The Morgan fingerprint density at radius 2 is 1.75 bits per heavy atom. The number of rotatable bonds is 7. The minimum Gasteiger partial charge on any atom is -0.340 e. The van der Waals surface area contributed by atoms with Crippen molar-refractivity contribution in [2.45, 2.75) is 58.0 Å². The van der Waals surface area contributed by atoms with Crippen molar-refractivity contribution in [2.24, 2.45) is 11.8 Å². The van der Waals surface area contributed by atoms with E-state index in [1.807, 2.05) is 67.4 Å². The molecular formula is C32H43N5O3. The molecule has 8 nitrogen and oxygen atoms in total. The number of amides is 3. The summed E-state index contributed by atoms with van der Waals surface area (Å²) in [5, 5.41) is 3.01. The molecule has 1 aromatic heterocycles.